The van der Waals surface area contributed by atoms with Gasteiger partial charge in [0.1, 0.15) is 0 Å². The second kappa shape index (κ2) is 4.37. The van der Waals surface area contributed by atoms with Crippen LogP contribution in [0.5, 0.6) is 0 Å². The van der Waals surface area contributed by atoms with Crippen molar-refractivity contribution in [3.8, 4) is 0 Å². The third kappa shape index (κ3) is 3.30. The first kappa shape index (κ1) is 11.6. The highest BCUT2D eigenvalue weighted by molar-refractivity contribution is 5.76. The molecule has 0 aliphatic rings. The minimum Gasteiger partial charge on any atom is -0.479 e. The van der Waals surface area contributed by atoms with Crippen LogP contribution in [0, 0.1) is 6.92 Å². The number of carbonyl (C=O) groups is 1. The van der Waals surface area contributed by atoms with E-state index >= 15 is 0 Å². The number of aliphatic hydroxyl groups is 1. The number of aliphatic carboxylic acids is 1. The van der Waals surface area contributed by atoms with Crippen LogP contribution in [0.4, 0.5) is 0 Å². The van der Waals surface area contributed by atoms with Crippen LogP contribution in [-0.4, -0.2) is 38.5 Å². The molecule has 84 valence electrons. The molecule has 0 aliphatic heterocycles. The lowest BCUT2D eigenvalue weighted by molar-refractivity contribution is -0.156. The van der Waals surface area contributed by atoms with E-state index in [2.05, 4.69) is 15.5 Å². The summed E-state index contributed by atoms with van der Waals surface area (Å²) in [5.74, 6) is -0.412. The summed E-state index contributed by atoms with van der Waals surface area (Å²) in [6, 6.07) is 0. The van der Waals surface area contributed by atoms with E-state index in [1.54, 1.807) is 6.92 Å². The summed E-state index contributed by atoms with van der Waals surface area (Å²) in [6.45, 7) is 3.03. The molecule has 1 aromatic rings. The second-order valence-electron chi connectivity index (χ2n) is 3.41. The molecule has 0 fully saturated rings. The van der Waals surface area contributed by atoms with Gasteiger partial charge < -0.3 is 20.1 Å². The quantitative estimate of drug-likeness (QED) is 0.596. The average Bonchev–Trinajstić information content (AvgIpc) is 2.51. The SMILES string of the molecule is Cc1nc(CNCC(C)(O)C(=O)O)no1. The van der Waals surface area contributed by atoms with Gasteiger partial charge >= 0.3 is 5.97 Å². The maximum atomic E-state index is 10.5. The van der Waals surface area contributed by atoms with Gasteiger partial charge in [-0.2, -0.15) is 4.98 Å². The van der Waals surface area contributed by atoms with Crippen LogP contribution in [0.25, 0.3) is 0 Å². The molecule has 0 saturated heterocycles. The minimum absolute atomic E-state index is 0.0874. The highest BCUT2D eigenvalue weighted by atomic mass is 16.5. The third-order valence-corrected chi connectivity index (χ3v) is 1.78. The number of hydrogen-bond acceptors (Lipinski definition) is 6. The van der Waals surface area contributed by atoms with E-state index in [9.17, 15) is 9.90 Å². The van der Waals surface area contributed by atoms with Crippen molar-refractivity contribution < 1.29 is 19.5 Å². The Morgan fingerprint density at radius 3 is 2.80 bits per heavy atom. The monoisotopic (exact) mass is 215 g/mol. The van der Waals surface area contributed by atoms with Gasteiger partial charge in [0.15, 0.2) is 11.4 Å². The van der Waals surface area contributed by atoms with Gasteiger partial charge in [0.25, 0.3) is 0 Å². The Morgan fingerprint density at radius 1 is 1.67 bits per heavy atom. The predicted octanol–water partition coefficient (Wildman–Crippen LogP) is -0.697. The Kier molecular flexibility index (Phi) is 3.38. The van der Waals surface area contributed by atoms with E-state index in [1.165, 1.54) is 6.92 Å². The first-order valence-electron chi connectivity index (χ1n) is 4.37. The van der Waals surface area contributed by atoms with Gasteiger partial charge in [0.05, 0.1) is 6.54 Å². The summed E-state index contributed by atoms with van der Waals surface area (Å²) in [5, 5.41) is 24.3. The number of carboxylic acids is 1. The highest BCUT2D eigenvalue weighted by Crippen LogP contribution is 2.01. The van der Waals surface area contributed by atoms with Gasteiger partial charge in [0.2, 0.25) is 5.89 Å². The van der Waals surface area contributed by atoms with Crippen molar-refractivity contribution in [2.24, 2.45) is 0 Å². The molecule has 1 aromatic heterocycles. The van der Waals surface area contributed by atoms with Gasteiger partial charge in [0, 0.05) is 13.5 Å². The summed E-state index contributed by atoms with van der Waals surface area (Å²) in [7, 11) is 0. The molecule has 1 heterocycles. The van der Waals surface area contributed by atoms with Crippen LogP contribution in [0.1, 0.15) is 18.6 Å². The molecule has 0 spiro atoms. The van der Waals surface area contributed by atoms with Gasteiger partial charge in [-0.05, 0) is 6.92 Å². The summed E-state index contributed by atoms with van der Waals surface area (Å²) in [6.07, 6.45) is 0. The number of nitrogens with zero attached hydrogens (tertiary/aromatic N) is 2. The molecule has 0 aliphatic carbocycles. The van der Waals surface area contributed by atoms with Crippen molar-refractivity contribution in [1.29, 1.82) is 0 Å². The number of nitrogens with one attached hydrogen (secondary N) is 1. The van der Waals surface area contributed by atoms with Crippen molar-refractivity contribution in [2.75, 3.05) is 6.54 Å². The molecule has 7 heteroatoms. The van der Waals surface area contributed by atoms with Crippen LogP contribution >= 0.6 is 0 Å². The van der Waals surface area contributed by atoms with E-state index in [-0.39, 0.29) is 13.1 Å². The van der Waals surface area contributed by atoms with Crippen LogP contribution in [-0.2, 0) is 11.3 Å². The number of hydrogen-bond donors (Lipinski definition) is 3. The van der Waals surface area contributed by atoms with Gasteiger partial charge in [-0.1, -0.05) is 5.16 Å². The zero-order chi connectivity index (χ0) is 11.5. The Labute approximate surface area is 86.1 Å². The molecular formula is C8H13N3O4. The zero-order valence-electron chi connectivity index (χ0n) is 8.52. The molecule has 0 amide bonds. The maximum Gasteiger partial charge on any atom is 0.336 e. The summed E-state index contributed by atoms with van der Waals surface area (Å²) < 4.78 is 4.71. The van der Waals surface area contributed by atoms with E-state index in [0.29, 0.717) is 11.7 Å². The minimum atomic E-state index is -1.79. The first-order chi connectivity index (χ1) is 6.92. The predicted molar refractivity (Wildman–Crippen MR) is 49.0 cm³/mol. The van der Waals surface area contributed by atoms with Gasteiger partial charge in [-0.15, -0.1) is 0 Å². The lowest BCUT2D eigenvalue weighted by Crippen LogP contribution is -2.44. The number of aryl methyl sites for hydroxylation is 1. The number of aromatic nitrogens is 2. The molecule has 0 aromatic carbocycles. The van der Waals surface area contributed by atoms with E-state index in [1.807, 2.05) is 0 Å². The Morgan fingerprint density at radius 2 is 2.33 bits per heavy atom. The topological polar surface area (TPSA) is 108 Å². The summed E-state index contributed by atoms with van der Waals surface area (Å²) in [5.41, 5.74) is -1.79. The van der Waals surface area contributed by atoms with E-state index in [0.717, 1.165) is 0 Å². The largest absolute Gasteiger partial charge is 0.479 e. The fraction of sp³-hybridized carbons (Fsp3) is 0.625. The standard InChI is InChI=1S/C8H13N3O4/c1-5-10-6(11-15-5)3-9-4-8(2,14)7(12)13/h9,14H,3-4H2,1-2H3,(H,12,13). The summed E-state index contributed by atoms with van der Waals surface area (Å²) in [4.78, 5) is 14.4. The molecular weight excluding hydrogens is 202 g/mol. The van der Waals surface area contributed by atoms with Crippen LogP contribution < -0.4 is 5.32 Å². The smallest absolute Gasteiger partial charge is 0.336 e. The lowest BCUT2D eigenvalue weighted by Gasteiger charge is -2.17. The summed E-state index contributed by atoms with van der Waals surface area (Å²) >= 11 is 0. The molecule has 1 unspecified atom stereocenters. The van der Waals surface area contributed by atoms with Crippen molar-refractivity contribution in [1.82, 2.24) is 15.5 Å². The molecule has 15 heavy (non-hydrogen) atoms. The Bertz CT molecular complexity index is 347. The molecule has 0 radical (unpaired) electrons. The van der Waals surface area contributed by atoms with Crippen molar-refractivity contribution >= 4 is 5.97 Å². The molecule has 0 saturated carbocycles. The first-order valence-corrected chi connectivity index (χ1v) is 4.37. The highest BCUT2D eigenvalue weighted by Gasteiger charge is 2.29. The lowest BCUT2D eigenvalue weighted by atomic mass is 10.1. The fourth-order valence-electron chi connectivity index (χ4n) is 0.906. The van der Waals surface area contributed by atoms with E-state index < -0.39 is 11.6 Å². The molecule has 0 bridgehead atoms. The fourth-order valence-corrected chi connectivity index (χ4v) is 0.906. The Hall–Kier alpha value is -1.47. The molecule has 1 rings (SSSR count). The van der Waals surface area contributed by atoms with Crippen LogP contribution in [0.15, 0.2) is 4.52 Å². The van der Waals surface area contributed by atoms with Crippen molar-refractivity contribution in [2.45, 2.75) is 26.0 Å². The molecule has 3 N–H and O–H groups in total. The second-order valence-corrected chi connectivity index (χ2v) is 3.41. The molecule has 7 nitrogen and oxygen atoms in total. The van der Waals surface area contributed by atoms with Gasteiger partial charge in [-0.3, -0.25) is 0 Å². The van der Waals surface area contributed by atoms with Gasteiger partial charge in [-0.25, -0.2) is 4.79 Å². The van der Waals surface area contributed by atoms with E-state index in [4.69, 9.17) is 9.63 Å². The normalized spacial score (nSPS) is 14.9. The van der Waals surface area contributed by atoms with Crippen molar-refractivity contribution in [3.63, 3.8) is 0 Å². The van der Waals surface area contributed by atoms with Crippen LogP contribution in [0.2, 0.25) is 0 Å². The average molecular weight is 215 g/mol. The third-order valence-electron chi connectivity index (χ3n) is 1.78. The maximum absolute atomic E-state index is 10.5. The molecule has 1 atom stereocenters. The zero-order valence-corrected chi connectivity index (χ0v) is 8.52. The Balaban J connectivity index is 2.36. The van der Waals surface area contributed by atoms with Crippen LogP contribution in [0.3, 0.4) is 0 Å². The number of rotatable bonds is 5. The van der Waals surface area contributed by atoms with Crippen molar-refractivity contribution in [3.05, 3.63) is 11.7 Å². The number of carboxylic acid groups (broad SMARTS) is 1.